The van der Waals surface area contributed by atoms with Crippen molar-refractivity contribution in [2.45, 2.75) is 70.1 Å². The number of benzene rings is 3. The number of fused-ring (bicyclic) bond motifs is 3. The smallest absolute Gasteiger partial charge is 0.251 e. The Labute approximate surface area is 240 Å². The number of carbonyl (C=O) groups excluding carboxylic acids is 2. The lowest BCUT2D eigenvalue weighted by atomic mass is 9.58. The fourth-order valence-electron chi connectivity index (χ4n) is 7.85. The Balaban J connectivity index is 1.13. The Morgan fingerprint density at radius 2 is 1.71 bits per heavy atom. The van der Waals surface area contributed by atoms with Gasteiger partial charge in [0.05, 0.1) is 6.54 Å². The molecule has 3 aliphatic rings. The lowest BCUT2D eigenvalue weighted by Crippen LogP contribution is -2.64. The van der Waals surface area contributed by atoms with Gasteiger partial charge in [0.1, 0.15) is 11.6 Å². The van der Waals surface area contributed by atoms with Gasteiger partial charge in [0.2, 0.25) is 5.91 Å². The Bertz CT molecular complexity index is 1470. The fraction of sp³-hybridized carbons (Fsp3) is 0.412. The fourth-order valence-corrected chi connectivity index (χ4v) is 7.85. The summed E-state index contributed by atoms with van der Waals surface area (Å²) in [5.41, 5.74) is 2.97. The molecule has 6 rings (SSSR count). The Hall–Kier alpha value is -3.58. The zero-order valence-electron chi connectivity index (χ0n) is 23.7. The number of halogens is 2. The Kier molecular flexibility index (Phi) is 7.18. The van der Waals surface area contributed by atoms with Crippen LogP contribution in [0.2, 0.25) is 0 Å². The van der Waals surface area contributed by atoms with E-state index in [0.29, 0.717) is 36.1 Å². The number of carbonyl (C=O) groups is 2. The first kappa shape index (κ1) is 27.6. The summed E-state index contributed by atoms with van der Waals surface area (Å²) >= 11 is 0. The predicted octanol–water partition coefficient (Wildman–Crippen LogP) is 6.22. The summed E-state index contributed by atoms with van der Waals surface area (Å²) < 4.78 is 27.9. The van der Waals surface area contributed by atoms with E-state index in [0.717, 1.165) is 48.8 Å². The minimum atomic E-state index is -0.429. The number of rotatable bonds is 6. The highest BCUT2D eigenvalue weighted by atomic mass is 19.1. The molecule has 2 amide bonds. The molecule has 3 aromatic carbocycles. The predicted molar refractivity (Wildman–Crippen MR) is 155 cm³/mol. The van der Waals surface area contributed by atoms with E-state index < -0.39 is 5.54 Å². The van der Waals surface area contributed by atoms with Gasteiger partial charge < -0.3 is 15.5 Å². The summed E-state index contributed by atoms with van der Waals surface area (Å²) in [6, 6.07) is 18.4. The number of amides is 2. The standard InChI is InChI=1S/C34H37F2N3O2/c1-22-13-23-16-33(2,38-32(41)25-9-7-24(8-10-25)29-5-3-4-6-30(29)36)21-34(15-22,17-23)37-18-31(40)39-19-26-11-12-28(35)14-27(26)20-39/h3-12,14,22-23,37H,13,15-21H2,1-2H3,(H,38,41). The molecule has 2 fully saturated rings. The molecule has 214 valence electrons. The van der Waals surface area contributed by atoms with E-state index in [4.69, 9.17) is 0 Å². The van der Waals surface area contributed by atoms with Crippen molar-refractivity contribution in [3.05, 3.63) is 95.1 Å². The molecule has 2 aliphatic carbocycles. The van der Waals surface area contributed by atoms with Crippen molar-refractivity contribution in [1.82, 2.24) is 15.5 Å². The van der Waals surface area contributed by atoms with Crippen molar-refractivity contribution in [1.29, 1.82) is 0 Å². The van der Waals surface area contributed by atoms with Gasteiger partial charge in [-0.25, -0.2) is 8.78 Å². The summed E-state index contributed by atoms with van der Waals surface area (Å²) in [5, 5.41) is 6.99. The van der Waals surface area contributed by atoms with Crippen LogP contribution in [0.5, 0.6) is 0 Å². The minimum Gasteiger partial charge on any atom is -0.347 e. The molecular weight excluding hydrogens is 520 g/mol. The van der Waals surface area contributed by atoms with Crippen molar-refractivity contribution in [3.63, 3.8) is 0 Å². The van der Waals surface area contributed by atoms with Gasteiger partial charge in [-0.15, -0.1) is 0 Å². The third-order valence-corrected chi connectivity index (χ3v) is 9.23. The number of hydrogen-bond donors (Lipinski definition) is 2. The number of nitrogens with one attached hydrogen (secondary N) is 2. The summed E-state index contributed by atoms with van der Waals surface area (Å²) in [5.74, 6) is 0.275. The summed E-state index contributed by atoms with van der Waals surface area (Å²) in [7, 11) is 0. The van der Waals surface area contributed by atoms with Crippen LogP contribution < -0.4 is 10.6 Å². The second kappa shape index (κ2) is 10.7. The van der Waals surface area contributed by atoms with Crippen LogP contribution in [0.25, 0.3) is 11.1 Å². The second-order valence-corrected chi connectivity index (χ2v) is 12.9. The van der Waals surface area contributed by atoms with Crippen LogP contribution in [0.15, 0.2) is 66.7 Å². The molecule has 2 saturated carbocycles. The van der Waals surface area contributed by atoms with Crippen LogP contribution in [0.1, 0.15) is 67.4 Å². The molecular formula is C34H37F2N3O2. The van der Waals surface area contributed by atoms with Crippen molar-refractivity contribution in [3.8, 4) is 11.1 Å². The lowest BCUT2D eigenvalue weighted by Gasteiger charge is -2.55. The quantitative estimate of drug-likeness (QED) is 0.378. The molecule has 1 heterocycles. The van der Waals surface area contributed by atoms with Crippen molar-refractivity contribution in [2.75, 3.05) is 6.54 Å². The minimum absolute atomic E-state index is 0.0111. The topological polar surface area (TPSA) is 61.4 Å². The first-order chi connectivity index (χ1) is 19.6. The zero-order valence-corrected chi connectivity index (χ0v) is 23.7. The molecule has 41 heavy (non-hydrogen) atoms. The maximum absolute atomic E-state index is 14.2. The van der Waals surface area contributed by atoms with Crippen molar-refractivity contribution in [2.24, 2.45) is 11.8 Å². The van der Waals surface area contributed by atoms with E-state index >= 15 is 0 Å². The molecule has 1 aliphatic heterocycles. The lowest BCUT2D eigenvalue weighted by molar-refractivity contribution is -0.131. The molecule has 0 spiro atoms. The van der Waals surface area contributed by atoms with Crippen LogP contribution in [0.4, 0.5) is 8.78 Å². The van der Waals surface area contributed by atoms with Gasteiger partial charge in [-0.1, -0.05) is 43.3 Å². The number of hydrogen-bond acceptors (Lipinski definition) is 3. The second-order valence-electron chi connectivity index (χ2n) is 12.9. The average Bonchev–Trinajstić information content (AvgIpc) is 3.34. The van der Waals surface area contributed by atoms with E-state index in [1.54, 1.807) is 53.4 Å². The van der Waals surface area contributed by atoms with Gasteiger partial charge in [0.15, 0.2) is 0 Å². The normalized spacial score (nSPS) is 26.9. The van der Waals surface area contributed by atoms with Gasteiger partial charge in [-0.2, -0.15) is 0 Å². The van der Waals surface area contributed by atoms with Crippen LogP contribution in [-0.2, 0) is 17.9 Å². The molecule has 7 heteroatoms. The highest BCUT2D eigenvalue weighted by molar-refractivity contribution is 5.95. The SMILES string of the molecule is CC1CC2CC(C)(NC(=O)c3ccc(-c4ccccc4F)cc3)CC(NCC(=O)N3Cc4ccc(F)cc4C3)(C1)C2. The maximum atomic E-state index is 14.2. The van der Waals surface area contributed by atoms with Gasteiger partial charge in [0, 0.05) is 35.3 Å². The number of nitrogens with zero attached hydrogens (tertiary/aromatic N) is 1. The van der Waals surface area contributed by atoms with Crippen LogP contribution in [0.3, 0.4) is 0 Å². The maximum Gasteiger partial charge on any atom is 0.251 e. The summed E-state index contributed by atoms with van der Waals surface area (Å²) in [6.45, 7) is 5.55. The van der Waals surface area contributed by atoms with Crippen molar-refractivity contribution >= 4 is 11.8 Å². The first-order valence-corrected chi connectivity index (χ1v) is 14.6. The van der Waals surface area contributed by atoms with E-state index in [9.17, 15) is 18.4 Å². The molecule has 5 nitrogen and oxygen atoms in total. The largest absolute Gasteiger partial charge is 0.347 e. The molecule has 4 atom stereocenters. The van der Waals surface area contributed by atoms with E-state index in [2.05, 4.69) is 24.5 Å². The Morgan fingerprint density at radius 3 is 2.49 bits per heavy atom. The van der Waals surface area contributed by atoms with Gasteiger partial charge in [-0.3, -0.25) is 9.59 Å². The first-order valence-electron chi connectivity index (χ1n) is 14.6. The van der Waals surface area contributed by atoms with Gasteiger partial charge >= 0.3 is 0 Å². The van der Waals surface area contributed by atoms with Crippen LogP contribution in [-0.4, -0.2) is 34.3 Å². The van der Waals surface area contributed by atoms with Gasteiger partial charge in [0.25, 0.3) is 5.91 Å². The zero-order chi connectivity index (χ0) is 28.8. The summed E-state index contributed by atoms with van der Waals surface area (Å²) in [6.07, 6.45) is 4.66. The third-order valence-electron chi connectivity index (χ3n) is 9.23. The highest BCUT2D eigenvalue weighted by Crippen LogP contribution is 2.49. The molecule has 2 bridgehead atoms. The average molecular weight is 558 g/mol. The molecule has 2 N–H and O–H groups in total. The van der Waals surface area contributed by atoms with E-state index in [1.165, 1.54) is 18.2 Å². The van der Waals surface area contributed by atoms with Crippen LogP contribution >= 0.6 is 0 Å². The van der Waals surface area contributed by atoms with E-state index in [1.807, 2.05) is 0 Å². The molecule has 3 aromatic rings. The van der Waals surface area contributed by atoms with Gasteiger partial charge in [-0.05, 0) is 97.9 Å². The molecule has 0 radical (unpaired) electrons. The van der Waals surface area contributed by atoms with E-state index in [-0.39, 0.29) is 35.5 Å². The van der Waals surface area contributed by atoms with Crippen LogP contribution in [0, 0.1) is 23.5 Å². The highest BCUT2D eigenvalue weighted by Gasteiger charge is 2.50. The monoisotopic (exact) mass is 557 g/mol. The third kappa shape index (κ3) is 5.78. The van der Waals surface area contributed by atoms with Crippen molar-refractivity contribution < 1.29 is 18.4 Å². The molecule has 0 saturated heterocycles. The molecule has 0 aromatic heterocycles. The Morgan fingerprint density at radius 1 is 0.951 bits per heavy atom. The summed E-state index contributed by atoms with van der Waals surface area (Å²) in [4.78, 5) is 28.4. The molecule has 4 unspecified atom stereocenters.